The van der Waals surface area contributed by atoms with Crippen LogP contribution in [-0.2, 0) is 20.4 Å². The smallest absolute Gasteiger partial charge is 0.235 e. The highest BCUT2D eigenvalue weighted by Crippen LogP contribution is 2.38. The lowest BCUT2D eigenvalue weighted by molar-refractivity contribution is -0.118. The molecule has 2 N–H and O–H groups in total. The number of aliphatic hydroxyl groups is 1. The fourth-order valence-electron chi connectivity index (χ4n) is 5.20. The second-order valence-electron chi connectivity index (χ2n) is 10.00. The zero-order valence-corrected chi connectivity index (χ0v) is 22.7. The minimum atomic E-state index is -3.65. The number of carbonyl (C=O) groups excluding carboxylic acids is 1. The highest BCUT2D eigenvalue weighted by atomic mass is 32.2. The van der Waals surface area contributed by atoms with Crippen LogP contribution in [0.1, 0.15) is 48.3 Å². The number of benzene rings is 3. The highest BCUT2D eigenvalue weighted by molar-refractivity contribution is 7.91. The number of nitrogens with one attached hydrogen (secondary N) is 1. The number of amides is 1. The van der Waals surface area contributed by atoms with Crippen LogP contribution in [-0.4, -0.2) is 44.9 Å². The first-order valence-electron chi connectivity index (χ1n) is 13.3. The van der Waals surface area contributed by atoms with E-state index in [9.17, 15) is 18.5 Å². The molecule has 0 aliphatic heterocycles. The number of sulfone groups is 1. The molecule has 1 fully saturated rings. The van der Waals surface area contributed by atoms with Gasteiger partial charge in [0.25, 0.3) is 0 Å². The molecular formula is C31H34N2O5S. The number of ether oxygens (including phenoxy) is 1. The van der Waals surface area contributed by atoms with Gasteiger partial charge in [0.1, 0.15) is 17.6 Å². The maximum absolute atomic E-state index is 12.4. The van der Waals surface area contributed by atoms with Crippen molar-refractivity contribution in [3.8, 4) is 22.9 Å². The van der Waals surface area contributed by atoms with Gasteiger partial charge in [0.05, 0.1) is 24.5 Å². The molecule has 0 aromatic heterocycles. The van der Waals surface area contributed by atoms with Gasteiger partial charge in [-0.2, -0.15) is 5.26 Å². The van der Waals surface area contributed by atoms with Crippen LogP contribution >= 0.6 is 0 Å². The summed E-state index contributed by atoms with van der Waals surface area (Å²) in [5.74, 6) is -0.163. The van der Waals surface area contributed by atoms with Gasteiger partial charge in [0, 0.05) is 12.5 Å². The molecule has 0 heterocycles. The van der Waals surface area contributed by atoms with Gasteiger partial charge in [0.2, 0.25) is 5.91 Å². The molecule has 1 aliphatic rings. The molecule has 0 saturated heterocycles. The molecule has 1 saturated carbocycles. The van der Waals surface area contributed by atoms with E-state index in [-0.39, 0.29) is 24.8 Å². The molecule has 0 bridgehead atoms. The van der Waals surface area contributed by atoms with Crippen LogP contribution < -0.4 is 10.1 Å². The number of hydrogen-bond acceptors (Lipinski definition) is 6. The number of rotatable bonds is 12. The first-order valence-corrected chi connectivity index (χ1v) is 15.1. The third-order valence-electron chi connectivity index (χ3n) is 7.18. The Kier molecular flexibility index (Phi) is 9.74. The first kappa shape index (κ1) is 28.3. The molecule has 1 amide bonds. The van der Waals surface area contributed by atoms with Crippen molar-refractivity contribution in [3.05, 3.63) is 89.5 Å². The van der Waals surface area contributed by atoms with Crippen molar-refractivity contribution < 1.29 is 23.1 Å². The van der Waals surface area contributed by atoms with Crippen LogP contribution in [0, 0.1) is 17.2 Å². The van der Waals surface area contributed by atoms with E-state index >= 15 is 0 Å². The number of nitrogens with zero attached hydrogens (tertiary/aromatic N) is 1. The maximum Gasteiger partial charge on any atom is 0.235 e. The molecule has 1 aliphatic carbocycles. The van der Waals surface area contributed by atoms with Crippen LogP contribution in [0.5, 0.6) is 5.75 Å². The van der Waals surface area contributed by atoms with Gasteiger partial charge in [-0.25, -0.2) is 8.42 Å². The van der Waals surface area contributed by atoms with Crippen molar-refractivity contribution in [3.63, 3.8) is 0 Å². The van der Waals surface area contributed by atoms with Gasteiger partial charge in [-0.15, -0.1) is 0 Å². The summed E-state index contributed by atoms with van der Waals surface area (Å²) < 4.78 is 31.1. The molecule has 3 aromatic rings. The minimum absolute atomic E-state index is 0.0207. The first-order chi connectivity index (χ1) is 18.9. The fraction of sp³-hybridized carbons (Fsp3) is 0.355. The number of hydrogen-bond donors (Lipinski definition) is 2. The van der Waals surface area contributed by atoms with Crippen molar-refractivity contribution in [2.45, 2.75) is 37.4 Å². The van der Waals surface area contributed by atoms with Crippen molar-refractivity contribution in [1.82, 2.24) is 5.32 Å². The maximum atomic E-state index is 12.4. The van der Waals surface area contributed by atoms with Gasteiger partial charge in [-0.1, -0.05) is 73.5 Å². The molecule has 0 spiro atoms. The van der Waals surface area contributed by atoms with Gasteiger partial charge >= 0.3 is 0 Å². The predicted molar refractivity (Wildman–Crippen MR) is 151 cm³/mol. The van der Waals surface area contributed by atoms with Gasteiger partial charge in [-0.05, 0) is 53.1 Å². The summed E-state index contributed by atoms with van der Waals surface area (Å²) in [7, 11) is -3.65. The SMILES string of the molecule is N#Cc1ccc(-c2ccc(CS(=O)(=O)CC(=O)NCCO)cc2)cc1OCC(c1ccccc1)C1CCCC1. The molecule has 4 rings (SSSR count). The van der Waals surface area contributed by atoms with E-state index in [0.29, 0.717) is 29.4 Å². The number of nitriles is 1. The van der Waals surface area contributed by atoms with Gasteiger partial charge < -0.3 is 15.2 Å². The van der Waals surface area contributed by atoms with Crippen molar-refractivity contribution in [2.24, 2.45) is 5.92 Å². The monoisotopic (exact) mass is 546 g/mol. The summed E-state index contributed by atoms with van der Waals surface area (Å²) in [6.45, 7) is 0.270. The normalized spacial score (nSPS) is 14.5. The van der Waals surface area contributed by atoms with Crippen LogP contribution in [0.4, 0.5) is 0 Å². The van der Waals surface area contributed by atoms with Gasteiger partial charge in [0.15, 0.2) is 9.84 Å². The van der Waals surface area contributed by atoms with E-state index in [1.54, 1.807) is 18.2 Å². The lowest BCUT2D eigenvalue weighted by atomic mass is 9.85. The number of carbonyl (C=O) groups is 1. The summed E-state index contributed by atoms with van der Waals surface area (Å²) in [6, 6.07) is 25.2. The second-order valence-corrected chi connectivity index (χ2v) is 12.1. The van der Waals surface area contributed by atoms with Crippen LogP contribution in [0.15, 0.2) is 72.8 Å². The summed E-state index contributed by atoms with van der Waals surface area (Å²) in [5.41, 5.74) is 4.02. The molecule has 1 unspecified atom stereocenters. The lowest BCUT2D eigenvalue weighted by Crippen LogP contribution is -2.32. The van der Waals surface area contributed by atoms with Crippen molar-refractivity contribution >= 4 is 15.7 Å². The second kappa shape index (κ2) is 13.4. The van der Waals surface area contributed by atoms with E-state index in [1.807, 2.05) is 30.3 Å². The topological polar surface area (TPSA) is 116 Å². The third-order valence-corrected chi connectivity index (χ3v) is 8.65. The van der Waals surface area contributed by atoms with Crippen LogP contribution in [0.2, 0.25) is 0 Å². The minimum Gasteiger partial charge on any atom is -0.492 e. The van der Waals surface area contributed by atoms with Crippen LogP contribution in [0.25, 0.3) is 11.1 Å². The largest absolute Gasteiger partial charge is 0.492 e. The van der Waals surface area contributed by atoms with E-state index in [1.165, 1.54) is 31.2 Å². The molecule has 3 aromatic carbocycles. The summed E-state index contributed by atoms with van der Waals surface area (Å²) in [6.07, 6.45) is 4.84. The highest BCUT2D eigenvalue weighted by Gasteiger charge is 2.27. The predicted octanol–water partition coefficient (Wildman–Crippen LogP) is 4.60. The van der Waals surface area contributed by atoms with E-state index in [4.69, 9.17) is 9.84 Å². The van der Waals surface area contributed by atoms with E-state index in [0.717, 1.165) is 11.1 Å². The number of aliphatic hydroxyl groups excluding tert-OH is 1. The average Bonchev–Trinajstić information content (AvgIpc) is 3.47. The summed E-state index contributed by atoms with van der Waals surface area (Å²) >= 11 is 0. The Bertz CT molecular complexity index is 1390. The average molecular weight is 547 g/mol. The van der Waals surface area contributed by atoms with E-state index in [2.05, 4.69) is 35.7 Å². The molecule has 7 nitrogen and oxygen atoms in total. The van der Waals surface area contributed by atoms with E-state index < -0.39 is 21.5 Å². The zero-order valence-electron chi connectivity index (χ0n) is 21.9. The molecule has 8 heteroatoms. The standard InChI is InChI=1S/C31H34N2O5S/c32-19-28-15-14-27(24-12-10-23(11-13-24)21-39(36,37)22-31(35)33-16-17-34)18-30(28)38-20-29(26-8-4-5-9-26)25-6-2-1-3-7-25/h1-3,6-7,10-15,18,26,29,34H,4-5,8-9,16-17,20-22H2,(H,33,35). The Morgan fingerprint density at radius 3 is 2.38 bits per heavy atom. The lowest BCUT2D eigenvalue weighted by Gasteiger charge is -2.24. The Balaban J connectivity index is 1.47. The zero-order chi connectivity index (χ0) is 27.7. The molecular weight excluding hydrogens is 512 g/mol. The van der Waals surface area contributed by atoms with Crippen molar-refractivity contribution in [1.29, 1.82) is 5.26 Å². The van der Waals surface area contributed by atoms with Crippen LogP contribution in [0.3, 0.4) is 0 Å². The van der Waals surface area contributed by atoms with Crippen molar-refractivity contribution in [2.75, 3.05) is 25.5 Å². The van der Waals surface area contributed by atoms with Gasteiger partial charge in [-0.3, -0.25) is 4.79 Å². The molecule has 0 radical (unpaired) electrons. The summed E-state index contributed by atoms with van der Waals surface area (Å²) in [5, 5.41) is 20.8. The Hall–Kier alpha value is -3.67. The Labute approximate surface area is 230 Å². The molecule has 1 atom stereocenters. The Morgan fingerprint density at radius 1 is 1.03 bits per heavy atom. The summed E-state index contributed by atoms with van der Waals surface area (Å²) in [4.78, 5) is 11.7. The quantitative estimate of drug-likeness (QED) is 0.343. The Morgan fingerprint density at radius 2 is 1.72 bits per heavy atom. The molecule has 204 valence electrons. The molecule has 39 heavy (non-hydrogen) atoms. The fourth-order valence-corrected chi connectivity index (χ4v) is 6.51. The third kappa shape index (κ3) is 7.92.